The highest BCUT2D eigenvalue weighted by molar-refractivity contribution is 5.78. The van der Waals surface area contributed by atoms with E-state index >= 15 is 0 Å². The molecule has 18 heavy (non-hydrogen) atoms. The van der Waals surface area contributed by atoms with Gasteiger partial charge in [0.05, 0.1) is 6.54 Å². The molecule has 3 nitrogen and oxygen atoms in total. The summed E-state index contributed by atoms with van der Waals surface area (Å²) in [5.41, 5.74) is 0. The third-order valence-corrected chi connectivity index (χ3v) is 4.46. The predicted molar refractivity (Wildman–Crippen MR) is 74.5 cm³/mol. The van der Waals surface area contributed by atoms with E-state index in [0.29, 0.717) is 12.6 Å². The van der Waals surface area contributed by atoms with Gasteiger partial charge in [-0.05, 0) is 31.7 Å². The molecule has 0 heterocycles. The Morgan fingerprint density at radius 2 is 1.61 bits per heavy atom. The summed E-state index contributed by atoms with van der Waals surface area (Å²) in [6, 6.07) is 0.447. The molecule has 0 bridgehead atoms. The molecular weight excluding hydrogens is 224 g/mol. The summed E-state index contributed by atoms with van der Waals surface area (Å²) in [4.78, 5) is 11.7. The van der Waals surface area contributed by atoms with Crippen molar-refractivity contribution in [2.24, 2.45) is 5.92 Å². The highest BCUT2D eigenvalue weighted by Crippen LogP contribution is 2.26. The van der Waals surface area contributed by atoms with Crippen molar-refractivity contribution in [2.75, 3.05) is 13.1 Å². The van der Waals surface area contributed by atoms with Crippen LogP contribution in [0.25, 0.3) is 0 Å². The van der Waals surface area contributed by atoms with E-state index in [2.05, 4.69) is 10.6 Å². The molecule has 0 unspecified atom stereocenters. The summed E-state index contributed by atoms with van der Waals surface area (Å²) in [6.07, 6.45) is 13.1. The molecule has 0 aliphatic heterocycles. The highest BCUT2D eigenvalue weighted by atomic mass is 16.1. The zero-order valence-electron chi connectivity index (χ0n) is 11.5. The zero-order chi connectivity index (χ0) is 12.6. The van der Waals surface area contributed by atoms with Gasteiger partial charge in [0, 0.05) is 6.04 Å². The first kappa shape index (κ1) is 13.9. The molecule has 0 aromatic heterocycles. The molecule has 0 saturated heterocycles. The molecule has 0 atom stereocenters. The lowest BCUT2D eigenvalue weighted by molar-refractivity contribution is -0.121. The maximum Gasteiger partial charge on any atom is 0.234 e. The van der Waals surface area contributed by atoms with Gasteiger partial charge in [0.25, 0.3) is 0 Å². The second-order valence-corrected chi connectivity index (χ2v) is 6.02. The number of rotatable bonds is 6. The van der Waals surface area contributed by atoms with Crippen molar-refractivity contribution < 1.29 is 4.79 Å². The Morgan fingerprint density at radius 1 is 0.944 bits per heavy atom. The molecule has 0 radical (unpaired) electrons. The molecule has 2 N–H and O–H groups in total. The van der Waals surface area contributed by atoms with Crippen molar-refractivity contribution in [3.63, 3.8) is 0 Å². The Kier molecular flexibility index (Phi) is 5.98. The van der Waals surface area contributed by atoms with Gasteiger partial charge < -0.3 is 10.6 Å². The number of carbonyl (C=O) groups is 1. The Hall–Kier alpha value is -0.570. The molecular formula is C15H28N2O. The van der Waals surface area contributed by atoms with Crippen LogP contribution in [-0.2, 0) is 4.79 Å². The second-order valence-electron chi connectivity index (χ2n) is 6.02. The van der Waals surface area contributed by atoms with Crippen LogP contribution < -0.4 is 10.6 Å². The summed E-state index contributed by atoms with van der Waals surface area (Å²) in [5, 5.41) is 6.44. The number of hydrogen-bond donors (Lipinski definition) is 2. The molecule has 3 heteroatoms. The quantitative estimate of drug-likeness (QED) is 0.713. The molecule has 2 aliphatic rings. The van der Waals surface area contributed by atoms with Crippen LogP contribution in [0.1, 0.15) is 64.2 Å². The van der Waals surface area contributed by atoms with Gasteiger partial charge >= 0.3 is 0 Å². The van der Waals surface area contributed by atoms with E-state index in [1.807, 2.05) is 0 Å². The number of nitrogens with one attached hydrogen (secondary N) is 2. The fourth-order valence-corrected chi connectivity index (χ4v) is 3.33. The van der Waals surface area contributed by atoms with Crippen molar-refractivity contribution in [1.29, 1.82) is 0 Å². The molecule has 2 aliphatic carbocycles. The Labute approximate surface area is 111 Å². The zero-order valence-corrected chi connectivity index (χ0v) is 11.5. The topological polar surface area (TPSA) is 41.1 Å². The van der Waals surface area contributed by atoms with E-state index in [1.165, 1.54) is 64.2 Å². The fourth-order valence-electron chi connectivity index (χ4n) is 3.33. The van der Waals surface area contributed by atoms with Crippen LogP contribution >= 0.6 is 0 Å². The minimum atomic E-state index is 0.188. The lowest BCUT2D eigenvalue weighted by Gasteiger charge is -2.22. The first-order valence-electron chi connectivity index (χ1n) is 7.84. The maximum absolute atomic E-state index is 11.7. The van der Waals surface area contributed by atoms with E-state index in [1.54, 1.807) is 0 Å². The summed E-state index contributed by atoms with van der Waals surface area (Å²) in [7, 11) is 0. The van der Waals surface area contributed by atoms with Gasteiger partial charge in [0.15, 0.2) is 0 Å². The van der Waals surface area contributed by atoms with Gasteiger partial charge in [-0.2, -0.15) is 0 Å². The average molecular weight is 252 g/mol. The van der Waals surface area contributed by atoms with Gasteiger partial charge in [0.1, 0.15) is 0 Å². The van der Waals surface area contributed by atoms with Gasteiger partial charge in [-0.15, -0.1) is 0 Å². The fraction of sp³-hybridized carbons (Fsp3) is 0.933. The van der Waals surface area contributed by atoms with Crippen molar-refractivity contribution >= 4 is 5.91 Å². The Bertz CT molecular complexity index is 243. The number of hydrogen-bond acceptors (Lipinski definition) is 2. The smallest absolute Gasteiger partial charge is 0.234 e. The van der Waals surface area contributed by atoms with Crippen molar-refractivity contribution in [2.45, 2.75) is 70.3 Å². The molecule has 0 spiro atoms. The third-order valence-electron chi connectivity index (χ3n) is 4.46. The standard InChI is InChI=1S/C15H28N2O/c18-15(17-14-8-2-1-3-9-14)12-16-11-10-13-6-4-5-7-13/h13-14,16H,1-12H2,(H,17,18). The average Bonchev–Trinajstić information content (AvgIpc) is 2.89. The van der Waals surface area contributed by atoms with Gasteiger partial charge in [0.2, 0.25) is 5.91 Å². The van der Waals surface area contributed by atoms with E-state index in [0.717, 1.165) is 12.5 Å². The van der Waals surface area contributed by atoms with Crippen LogP contribution in [-0.4, -0.2) is 25.0 Å². The highest BCUT2D eigenvalue weighted by Gasteiger charge is 2.16. The van der Waals surface area contributed by atoms with E-state index < -0.39 is 0 Å². The molecule has 0 aromatic carbocycles. The van der Waals surface area contributed by atoms with Crippen LogP contribution in [0.5, 0.6) is 0 Å². The molecule has 0 aromatic rings. The number of carbonyl (C=O) groups excluding carboxylic acids is 1. The van der Waals surface area contributed by atoms with E-state index in [4.69, 9.17) is 0 Å². The van der Waals surface area contributed by atoms with E-state index in [9.17, 15) is 4.79 Å². The summed E-state index contributed by atoms with van der Waals surface area (Å²) in [5.74, 6) is 1.10. The van der Waals surface area contributed by atoms with Gasteiger partial charge in [-0.3, -0.25) is 4.79 Å². The van der Waals surface area contributed by atoms with Crippen LogP contribution in [0.15, 0.2) is 0 Å². The Morgan fingerprint density at radius 3 is 2.33 bits per heavy atom. The van der Waals surface area contributed by atoms with Crippen LogP contribution in [0.2, 0.25) is 0 Å². The first-order chi connectivity index (χ1) is 8.84. The van der Waals surface area contributed by atoms with Crippen LogP contribution in [0.4, 0.5) is 0 Å². The molecule has 2 rings (SSSR count). The minimum absolute atomic E-state index is 0.188. The molecule has 104 valence electrons. The third kappa shape index (κ3) is 4.97. The van der Waals surface area contributed by atoms with Crippen molar-refractivity contribution in [1.82, 2.24) is 10.6 Å². The summed E-state index contributed by atoms with van der Waals surface area (Å²) >= 11 is 0. The van der Waals surface area contributed by atoms with Crippen LogP contribution in [0.3, 0.4) is 0 Å². The molecule has 2 saturated carbocycles. The molecule has 1 amide bonds. The lowest BCUT2D eigenvalue weighted by atomic mass is 9.95. The van der Waals surface area contributed by atoms with Crippen LogP contribution in [0, 0.1) is 5.92 Å². The van der Waals surface area contributed by atoms with Gasteiger partial charge in [-0.25, -0.2) is 0 Å². The predicted octanol–water partition coefficient (Wildman–Crippen LogP) is 2.61. The summed E-state index contributed by atoms with van der Waals surface area (Å²) < 4.78 is 0. The monoisotopic (exact) mass is 252 g/mol. The maximum atomic E-state index is 11.7. The largest absolute Gasteiger partial charge is 0.352 e. The first-order valence-corrected chi connectivity index (χ1v) is 7.84. The Balaban J connectivity index is 1.48. The van der Waals surface area contributed by atoms with Gasteiger partial charge in [-0.1, -0.05) is 44.9 Å². The van der Waals surface area contributed by atoms with E-state index in [-0.39, 0.29) is 5.91 Å². The second kappa shape index (κ2) is 7.78. The number of amides is 1. The van der Waals surface area contributed by atoms with Crippen molar-refractivity contribution in [3.05, 3.63) is 0 Å². The SMILES string of the molecule is O=C(CNCCC1CCCC1)NC1CCCCC1. The minimum Gasteiger partial charge on any atom is -0.352 e. The summed E-state index contributed by atoms with van der Waals surface area (Å²) in [6.45, 7) is 1.51. The lowest BCUT2D eigenvalue weighted by Crippen LogP contribution is -2.41. The van der Waals surface area contributed by atoms with Crippen molar-refractivity contribution in [3.8, 4) is 0 Å². The molecule has 2 fully saturated rings. The normalized spacial score (nSPS) is 22.2.